The molecule has 0 aliphatic rings. The number of anilines is 1. The number of aryl methyl sites for hydroxylation is 1. The molecule has 0 radical (unpaired) electrons. The molecule has 2 N–H and O–H groups in total. The zero-order valence-electron chi connectivity index (χ0n) is 11.9. The van der Waals surface area contributed by atoms with E-state index in [1.54, 1.807) is 6.92 Å². The zero-order valence-corrected chi connectivity index (χ0v) is 11.9. The Morgan fingerprint density at radius 2 is 2.00 bits per heavy atom. The molecule has 18 heavy (non-hydrogen) atoms. The second-order valence-corrected chi connectivity index (χ2v) is 5.90. The average molecular weight is 249 g/mol. The second kappa shape index (κ2) is 5.42. The van der Waals surface area contributed by atoms with Gasteiger partial charge in [-0.1, -0.05) is 39.8 Å². The summed E-state index contributed by atoms with van der Waals surface area (Å²) in [6.45, 7) is 10.7. The molecule has 1 rings (SSSR count). The predicted octanol–water partition coefficient (Wildman–Crippen LogP) is 3.43. The molecule has 1 atom stereocenters. The summed E-state index contributed by atoms with van der Waals surface area (Å²) in [7, 11) is 0. The smallest absolute Gasteiger partial charge is 0.308 e. The van der Waals surface area contributed by atoms with Crippen molar-refractivity contribution in [3.05, 3.63) is 29.3 Å². The monoisotopic (exact) mass is 249 g/mol. The maximum atomic E-state index is 10.8. The number of benzene rings is 1. The fraction of sp³-hybridized carbons (Fsp3) is 0.533. The molecule has 0 aliphatic carbocycles. The molecule has 0 fully saturated rings. The van der Waals surface area contributed by atoms with Crippen molar-refractivity contribution in [1.29, 1.82) is 0 Å². The third-order valence-corrected chi connectivity index (χ3v) is 3.12. The summed E-state index contributed by atoms with van der Waals surface area (Å²) in [5.41, 5.74) is 3.51. The van der Waals surface area contributed by atoms with E-state index in [9.17, 15) is 4.79 Å². The normalized spacial score (nSPS) is 13.2. The van der Waals surface area contributed by atoms with Crippen LogP contribution in [0.3, 0.4) is 0 Å². The molecule has 0 aromatic heterocycles. The van der Waals surface area contributed by atoms with Crippen LogP contribution in [0.15, 0.2) is 18.2 Å². The van der Waals surface area contributed by atoms with Gasteiger partial charge in [-0.25, -0.2) is 0 Å². The van der Waals surface area contributed by atoms with Crippen LogP contribution in [0.1, 0.15) is 38.8 Å². The predicted molar refractivity (Wildman–Crippen MR) is 75.2 cm³/mol. The lowest BCUT2D eigenvalue weighted by Crippen LogP contribution is -2.20. The molecule has 0 spiro atoms. The van der Waals surface area contributed by atoms with Crippen molar-refractivity contribution in [3.63, 3.8) is 0 Å². The lowest BCUT2D eigenvalue weighted by atomic mass is 9.86. The van der Waals surface area contributed by atoms with Crippen LogP contribution in [0.2, 0.25) is 0 Å². The molecule has 100 valence electrons. The highest BCUT2D eigenvalue weighted by molar-refractivity contribution is 5.70. The van der Waals surface area contributed by atoms with Crippen LogP contribution in [0.5, 0.6) is 0 Å². The third kappa shape index (κ3) is 3.76. The van der Waals surface area contributed by atoms with Crippen molar-refractivity contribution in [3.8, 4) is 0 Å². The number of hydrogen-bond donors (Lipinski definition) is 2. The van der Waals surface area contributed by atoms with E-state index < -0.39 is 5.97 Å². The molecular weight excluding hydrogens is 226 g/mol. The average Bonchev–Trinajstić information content (AvgIpc) is 2.25. The van der Waals surface area contributed by atoms with Gasteiger partial charge in [-0.2, -0.15) is 0 Å². The third-order valence-electron chi connectivity index (χ3n) is 3.12. The summed E-state index contributed by atoms with van der Waals surface area (Å²) in [6, 6.07) is 6.32. The van der Waals surface area contributed by atoms with Gasteiger partial charge >= 0.3 is 5.97 Å². The summed E-state index contributed by atoms with van der Waals surface area (Å²) in [5, 5.41) is 12.1. The van der Waals surface area contributed by atoms with Gasteiger partial charge in [-0.15, -0.1) is 0 Å². The fourth-order valence-electron chi connectivity index (χ4n) is 1.63. The highest BCUT2D eigenvalue weighted by Gasteiger charge is 2.15. The minimum Gasteiger partial charge on any atom is -0.481 e. The van der Waals surface area contributed by atoms with Crippen LogP contribution >= 0.6 is 0 Å². The number of hydrogen-bond acceptors (Lipinski definition) is 2. The number of aliphatic carboxylic acids is 1. The number of carbonyl (C=O) groups is 1. The summed E-state index contributed by atoms with van der Waals surface area (Å²) in [4.78, 5) is 10.8. The van der Waals surface area contributed by atoms with E-state index in [-0.39, 0.29) is 11.3 Å². The Morgan fingerprint density at radius 1 is 1.39 bits per heavy atom. The standard InChI is InChI=1S/C15H23NO2/c1-10-6-7-12(15(3,4)5)8-13(10)16-9-11(2)14(17)18/h6-8,11,16H,9H2,1-5H3,(H,17,18). The molecule has 0 saturated carbocycles. The summed E-state index contributed by atoms with van der Waals surface area (Å²) in [5.74, 6) is -1.16. The first-order valence-corrected chi connectivity index (χ1v) is 6.29. The fourth-order valence-corrected chi connectivity index (χ4v) is 1.63. The summed E-state index contributed by atoms with van der Waals surface area (Å²) >= 11 is 0. The highest BCUT2D eigenvalue weighted by Crippen LogP contribution is 2.27. The van der Waals surface area contributed by atoms with Crippen molar-refractivity contribution >= 4 is 11.7 Å². The van der Waals surface area contributed by atoms with E-state index in [1.807, 2.05) is 6.92 Å². The Morgan fingerprint density at radius 3 is 2.50 bits per heavy atom. The first-order chi connectivity index (χ1) is 8.21. The Kier molecular flexibility index (Phi) is 4.38. The molecular formula is C15H23NO2. The van der Waals surface area contributed by atoms with Crippen LogP contribution in [0.4, 0.5) is 5.69 Å². The molecule has 0 bridgehead atoms. The molecule has 3 heteroatoms. The van der Waals surface area contributed by atoms with Gasteiger partial charge in [0.1, 0.15) is 0 Å². The van der Waals surface area contributed by atoms with E-state index in [4.69, 9.17) is 5.11 Å². The Labute approximate surface area is 109 Å². The largest absolute Gasteiger partial charge is 0.481 e. The van der Waals surface area contributed by atoms with Crippen LogP contribution < -0.4 is 5.32 Å². The minimum atomic E-state index is -0.771. The van der Waals surface area contributed by atoms with Crippen molar-refractivity contribution in [2.75, 3.05) is 11.9 Å². The van der Waals surface area contributed by atoms with Crippen LogP contribution in [-0.2, 0) is 10.2 Å². The van der Waals surface area contributed by atoms with Crippen LogP contribution in [0, 0.1) is 12.8 Å². The number of nitrogens with one attached hydrogen (secondary N) is 1. The molecule has 1 unspecified atom stereocenters. The molecule has 1 aromatic rings. The number of carboxylic acids is 1. The molecule has 0 heterocycles. The minimum absolute atomic E-state index is 0.0997. The van der Waals surface area contributed by atoms with Crippen LogP contribution in [-0.4, -0.2) is 17.6 Å². The quantitative estimate of drug-likeness (QED) is 0.859. The molecule has 1 aromatic carbocycles. The van der Waals surface area contributed by atoms with E-state index >= 15 is 0 Å². The van der Waals surface area contributed by atoms with Gasteiger partial charge in [-0.05, 0) is 29.5 Å². The highest BCUT2D eigenvalue weighted by atomic mass is 16.4. The Hall–Kier alpha value is -1.51. The molecule has 0 saturated heterocycles. The Bertz CT molecular complexity index is 433. The second-order valence-electron chi connectivity index (χ2n) is 5.90. The van der Waals surface area contributed by atoms with E-state index in [2.05, 4.69) is 44.3 Å². The van der Waals surface area contributed by atoms with Crippen molar-refractivity contribution in [2.45, 2.75) is 40.0 Å². The van der Waals surface area contributed by atoms with Gasteiger partial charge in [0, 0.05) is 12.2 Å². The topological polar surface area (TPSA) is 49.3 Å². The zero-order chi connectivity index (χ0) is 13.9. The first kappa shape index (κ1) is 14.6. The van der Waals surface area contributed by atoms with E-state index in [0.717, 1.165) is 11.3 Å². The molecule has 3 nitrogen and oxygen atoms in total. The maximum Gasteiger partial charge on any atom is 0.308 e. The summed E-state index contributed by atoms with van der Waals surface area (Å²) < 4.78 is 0. The SMILES string of the molecule is Cc1ccc(C(C)(C)C)cc1NCC(C)C(=O)O. The first-order valence-electron chi connectivity index (χ1n) is 6.29. The van der Waals surface area contributed by atoms with Gasteiger partial charge in [0.2, 0.25) is 0 Å². The van der Waals surface area contributed by atoms with Gasteiger partial charge in [0.05, 0.1) is 5.92 Å². The van der Waals surface area contributed by atoms with E-state index in [0.29, 0.717) is 6.54 Å². The van der Waals surface area contributed by atoms with Crippen molar-refractivity contribution in [1.82, 2.24) is 0 Å². The molecule has 0 amide bonds. The van der Waals surface area contributed by atoms with Gasteiger partial charge in [0.25, 0.3) is 0 Å². The Balaban J connectivity index is 2.85. The lowest BCUT2D eigenvalue weighted by Gasteiger charge is -2.21. The lowest BCUT2D eigenvalue weighted by molar-refractivity contribution is -0.140. The molecule has 0 aliphatic heterocycles. The number of rotatable bonds is 4. The number of carboxylic acid groups (broad SMARTS) is 1. The van der Waals surface area contributed by atoms with Gasteiger partial charge < -0.3 is 10.4 Å². The van der Waals surface area contributed by atoms with Crippen LogP contribution in [0.25, 0.3) is 0 Å². The van der Waals surface area contributed by atoms with Crippen molar-refractivity contribution < 1.29 is 9.90 Å². The van der Waals surface area contributed by atoms with Gasteiger partial charge in [-0.3, -0.25) is 4.79 Å². The van der Waals surface area contributed by atoms with Crippen molar-refractivity contribution in [2.24, 2.45) is 5.92 Å². The van der Waals surface area contributed by atoms with E-state index in [1.165, 1.54) is 5.56 Å². The summed E-state index contributed by atoms with van der Waals surface area (Å²) in [6.07, 6.45) is 0. The maximum absolute atomic E-state index is 10.8. The van der Waals surface area contributed by atoms with Gasteiger partial charge in [0.15, 0.2) is 0 Å².